The molecule has 100 valence electrons. The summed E-state index contributed by atoms with van der Waals surface area (Å²) in [5.74, 6) is -0.632. The van der Waals surface area contributed by atoms with Gasteiger partial charge in [-0.05, 0) is 49.4 Å². The second kappa shape index (κ2) is 5.54. The van der Waals surface area contributed by atoms with Crippen LogP contribution in [0.5, 0.6) is 0 Å². The van der Waals surface area contributed by atoms with Crippen molar-refractivity contribution in [1.82, 2.24) is 0 Å². The van der Waals surface area contributed by atoms with Crippen molar-refractivity contribution in [2.45, 2.75) is 6.92 Å². The predicted octanol–water partition coefficient (Wildman–Crippen LogP) is 3.67. The van der Waals surface area contributed by atoms with E-state index in [0.717, 1.165) is 5.69 Å². The first-order valence-corrected chi connectivity index (χ1v) is 6.07. The van der Waals surface area contributed by atoms with Gasteiger partial charge in [0.05, 0.1) is 17.3 Å². The SMILES string of the molecule is CC(=O)c1cc(F)ccc1N(C)c1ccc(C#N)cc1. The standard InChI is InChI=1S/C16H13FN2O/c1-11(20)15-9-13(17)5-8-16(15)19(2)14-6-3-12(10-18)4-7-14/h3-9H,1-2H3. The highest BCUT2D eigenvalue weighted by atomic mass is 19.1. The Bertz CT molecular complexity index is 687. The van der Waals surface area contributed by atoms with E-state index in [0.29, 0.717) is 16.8 Å². The topological polar surface area (TPSA) is 44.1 Å². The van der Waals surface area contributed by atoms with Crippen LogP contribution in [-0.2, 0) is 0 Å². The van der Waals surface area contributed by atoms with Gasteiger partial charge in [0.25, 0.3) is 0 Å². The third-order valence-electron chi connectivity index (χ3n) is 3.08. The van der Waals surface area contributed by atoms with E-state index in [9.17, 15) is 9.18 Å². The quantitative estimate of drug-likeness (QED) is 0.798. The molecule has 3 nitrogen and oxygen atoms in total. The van der Waals surface area contributed by atoms with E-state index in [4.69, 9.17) is 5.26 Å². The lowest BCUT2D eigenvalue weighted by Gasteiger charge is -2.22. The molecule has 2 aromatic rings. The normalized spacial score (nSPS) is 9.90. The van der Waals surface area contributed by atoms with Gasteiger partial charge in [0.1, 0.15) is 5.82 Å². The Labute approximate surface area is 116 Å². The predicted molar refractivity (Wildman–Crippen MR) is 75.6 cm³/mol. The summed E-state index contributed by atoms with van der Waals surface area (Å²) < 4.78 is 13.3. The molecule has 0 spiro atoms. The Hall–Kier alpha value is -2.67. The van der Waals surface area contributed by atoms with Crippen LogP contribution in [0.3, 0.4) is 0 Å². The second-order valence-electron chi connectivity index (χ2n) is 4.44. The molecule has 0 atom stereocenters. The molecule has 4 heteroatoms. The van der Waals surface area contributed by atoms with Gasteiger partial charge in [0, 0.05) is 18.3 Å². The minimum Gasteiger partial charge on any atom is -0.344 e. The fourth-order valence-electron chi connectivity index (χ4n) is 1.98. The number of nitriles is 1. The fraction of sp³-hybridized carbons (Fsp3) is 0.125. The summed E-state index contributed by atoms with van der Waals surface area (Å²) in [5, 5.41) is 8.78. The number of anilines is 2. The Balaban J connectivity index is 2.44. The number of rotatable bonds is 3. The fourth-order valence-corrected chi connectivity index (χ4v) is 1.98. The number of nitrogens with zero attached hydrogens (tertiary/aromatic N) is 2. The molecule has 0 aromatic heterocycles. The number of benzene rings is 2. The highest BCUT2D eigenvalue weighted by Gasteiger charge is 2.13. The smallest absolute Gasteiger partial charge is 0.162 e. The number of Topliss-reactive ketones (excluding diaryl/α,β-unsaturated/α-hetero) is 1. The lowest BCUT2D eigenvalue weighted by molar-refractivity contribution is 0.101. The van der Waals surface area contributed by atoms with Gasteiger partial charge in [-0.25, -0.2) is 4.39 Å². The maximum absolute atomic E-state index is 13.3. The van der Waals surface area contributed by atoms with Gasteiger partial charge in [-0.1, -0.05) is 0 Å². The Morgan fingerprint density at radius 3 is 2.40 bits per heavy atom. The lowest BCUT2D eigenvalue weighted by Crippen LogP contribution is -2.13. The van der Waals surface area contributed by atoms with Gasteiger partial charge < -0.3 is 4.90 Å². The summed E-state index contributed by atoms with van der Waals surface area (Å²) in [6.07, 6.45) is 0. The van der Waals surface area contributed by atoms with Gasteiger partial charge in [0.2, 0.25) is 0 Å². The molecule has 0 bridgehead atoms. The van der Waals surface area contributed by atoms with E-state index >= 15 is 0 Å². The van der Waals surface area contributed by atoms with E-state index in [-0.39, 0.29) is 5.78 Å². The monoisotopic (exact) mass is 268 g/mol. The van der Waals surface area contributed by atoms with Crippen LogP contribution in [-0.4, -0.2) is 12.8 Å². The van der Waals surface area contributed by atoms with Crippen LogP contribution in [0.2, 0.25) is 0 Å². The van der Waals surface area contributed by atoms with Crippen LogP contribution in [0.4, 0.5) is 15.8 Å². The molecule has 0 aliphatic rings. The molecule has 20 heavy (non-hydrogen) atoms. The molecule has 0 aliphatic heterocycles. The summed E-state index contributed by atoms with van der Waals surface area (Å²) in [6.45, 7) is 1.41. The summed E-state index contributed by atoms with van der Waals surface area (Å²) in [5.41, 5.74) is 2.34. The van der Waals surface area contributed by atoms with Crippen molar-refractivity contribution in [3.05, 3.63) is 59.4 Å². The lowest BCUT2D eigenvalue weighted by atomic mass is 10.1. The van der Waals surface area contributed by atoms with Crippen molar-refractivity contribution in [3.8, 4) is 6.07 Å². The summed E-state index contributed by atoms with van der Waals surface area (Å²) in [4.78, 5) is 13.4. The molecule has 2 aromatic carbocycles. The van der Waals surface area contributed by atoms with Gasteiger partial charge in [-0.3, -0.25) is 4.79 Å². The highest BCUT2D eigenvalue weighted by Crippen LogP contribution is 2.28. The van der Waals surface area contributed by atoms with E-state index in [1.165, 1.54) is 19.1 Å². The van der Waals surface area contributed by atoms with Crippen molar-refractivity contribution in [2.75, 3.05) is 11.9 Å². The van der Waals surface area contributed by atoms with Crippen molar-refractivity contribution < 1.29 is 9.18 Å². The van der Waals surface area contributed by atoms with Crippen LogP contribution in [0, 0.1) is 17.1 Å². The summed E-state index contributed by atoms with van der Waals surface area (Å²) in [7, 11) is 1.79. The van der Waals surface area contributed by atoms with Crippen LogP contribution in [0.25, 0.3) is 0 Å². The van der Waals surface area contributed by atoms with E-state index in [1.54, 1.807) is 42.3 Å². The first kappa shape index (κ1) is 13.8. The molecule has 0 saturated carbocycles. The molecule has 0 heterocycles. The van der Waals surface area contributed by atoms with E-state index in [2.05, 4.69) is 0 Å². The molecule has 0 unspecified atom stereocenters. The first-order chi connectivity index (χ1) is 9.52. The maximum atomic E-state index is 13.3. The molecule has 0 fully saturated rings. The van der Waals surface area contributed by atoms with Crippen LogP contribution >= 0.6 is 0 Å². The third-order valence-corrected chi connectivity index (χ3v) is 3.08. The number of ketones is 1. The van der Waals surface area contributed by atoms with Crippen molar-refractivity contribution in [2.24, 2.45) is 0 Å². The van der Waals surface area contributed by atoms with E-state index < -0.39 is 5.82 Å². The van der Waals surface area contributed by atoms with E-state index in [1.807, 2.05) is 6.07 Å². The van der Waals surface area contributed by atoms with Gasteiger partial charge in [-0.2, -0.15) is 5.26 Å². The van der Waals surface area contributed by atoms with Crippen molar-refractivity contribution >= 4 is 17.2 Å². The first-order valence-electron chi connectivity index (χ1n) is 6.07. The van der Waals surface area contributed by atoms with Gasteiger partial charge in [-0.15, -0.1) is 0 Å². The average Bonchev–Trinajstić information content (AvgIpc) is 2.46. The third kappa shape index (κ3) is 2.67. The average molecular weight is 268 g/mol. The van der Waals surface area contributed by atoms with Crippen LogP contribution in [0.1, 0.15) is 22.8 Å². The molecule has 0 amide bonds. The Kier molecular flexibility index (Phi) is 3.81. The zero-order valence-electron chi connectivity index (χ0n) is 11.2. The maximum Gasteiger partial charge on any atom is 0.162 e. The molecule has 0 N–H and O–H groups in total. The van der Waals surface area contributed by atoms with Crippen LogP contribution in [0.15, 0.2) is 42.5 Å². The van der Waals surface area contributed by atoms with Gasteiger partial charge >= 0.3 is 0 Å². The summed E-state index contributed by atoms with van der Waals surface area (Å²) >= 11 is 0. The van der Waals surface area contributed by atoms with Gasteiger partial charge in [0.15, 0.2) is 5.78 Å². The Morgan fingerprint density at radius 2 is 1.85 bits per heavy atom. The minimum absolute atomic E-state index is 0.194. The zero-order chi connectivity index (χ0) is 14.7. The largest absolute Gasteiger partial charge is 0.344 e. The molecule has 0 radical (unpaired) electrons. The number of carbonyl (C=O) groups is 1. The molecule has 0 aliphatic carbocycles. The van der Waals surface area contributed by atoms with Crippen molar-refractivity contribution in [1.29, 1.82) is 5.26 Å². The van der Waals surface area contributed by atoms with Crippen molar-refractivity contribution in [3.63, 3.8) is 0 Å². The minimum atomic E-state index is -0.438. The molecular formula is C16H13FN2O. The second-order valence-corrected chi connectivity index (χ2v) is 4.44. The number of hydrogen-bond donors (Lipinski definition) is 0. The van der Waals surface area contributed by atoms with Crippen LogP contribution < -0.4 is 4.90 Å². The highest BCUT2D eigenvalue weighted by molar-refractivity contribution is 6.00. The Morgan fingerprint density at radius 1 is 1.20 bits per heavy atom. The summed E-state index contributed by atoms with van der Waals surface area (Å²) in [6, 6.07) is 13.1. The zero-order valence-corrected chi connectivity index (χ0v) is 11.2. The number of halogens is 1. The molecular weight excluding hydrogens is 255 g/mol. The molecule has 0 saturated heterocycles. The number of hydrogen-bond acceptors (Lipinski definition) is 3. The number of carbonyl (C=O) groups excluding carboxylic acids is 1. The molecule has 2 rings (SSSR count).